The Bertz CT molecular complexity index is 537. The number of nitrogens with zero attached hydrogens (tertiary/aromatic N) is 1. The predicted octanol–water partition coefficient (Wildman–Crippen LogP) is 1.45. The van der Waals surface area contributed by atoms with E-state index in [0.29, 0.717) is 13.1 Å². The van der Waals surface area contributed by atoms with Crippen molar-refractivity contribution in [1.82, 2.24) is 4.31 Å². The first kappa shape index (κ1) is 13.5. The lowest BCUT2D eigenvalue weighted by molar-refractivity contribution is 0.199. The Morgan fingerprint density at radius 1 is 1.39 bits per heavy atom. The Labute approximate surface area is 108 Å². The number of aliphatic hydroxyl groups is 1. The fourth-order valence-corrected chi connectivity index (χ4v) is 3.30. The van der Waals surface area contributed by atoms with Crippen molar-refractivity contribution in [3.05, 3.63) is 34.9 Å². The third-order valence-electron chi connectivity index (χ3n) is 3.45. The molecule has 1 atom stereocenters. The highest BCUT2D eigenvalue weighted by Crippen LogP contribution is 2.24. The smallest absolute Gasteiger partial charge is 0.214 e. The lowest BCUT2D eigenvalue weighted by Gasteiger charge is -2.28. The van der Waals surface area contributed by atoms with E-state index in [0.717, 1.165) is 17.5 Å². The van der Waals surface area contributed by atoms with Gasteiger partial charge in [-0.25, -0.2) is 8.42 Å². The molecule has 100 valence electrons. The van der Waals surface area contributed by atoms with Crippen molar-refractivity contribution in [3.63, 3.8) is 0 Å². The summed E-state index contributed by atoms with van der Waals surface area (Å²) in [6.45, 7) is 4.35. The van der Waals surface area contributed by atoms with Gasteiger partial charge in [-0.3, -0.25) is 0 Å². The first-order valence-electron chi connectivity index (χ1n) is 6.21. The molecule has 1 heterocycles. The fraction of sp³-hybridized carbons (Fsp3) is 0.538. The largest absolute Gasteiger partial charge is 0.389 e. The summed E-state index contributed by atoms with van der Waals surface area (Å²) in [5.74, 6) is 0.137. The van der Waals surface area contributed by atoms with E-state index in [9.17, 15) is 13.5 Å². The molecule has 1 aromatic carbocycles. The van der Waals surface area contributed by atoms with Crippen molar-refractivity contribution in [2.24, 2.45) is 0 Å². The summed E-state index contributed by atoms with van der Waals surface area (Å²) in [6, 6.07) is 5.82. The zero-order valence-electron chi connectivity index (χ0n) is 10.8. The number of benzene rings is 1. The van der Waals surface area contributed by atoms with Gasteiger partial charge in [-0.1, -0.05) is 18.2 Å². The van der Waals surface area contributed by atoms with E-state index in [1.807, 2.05) is 18.2 Å². The zero-order valence-corrected chi connectivity index (χ0v) is 11.6. The molecule has 4 nitrogen and oxygen atoms in total. The molecule has 0 radical (unpaired) electrons. The molecule has 0 saturated carbocycles. The Morgan fingerprint density at radius 3 is 2.72 bits per heavy atom. The summed E-state index contributed by atoms with van der Waals surface area (Å²) >= 11 is 0. The third kappa shape index (κ3) is 2.58. The Hall–Kier alpha value is -0.910. The quantitative estimate of drug-likeness (QED) is 0.903. The fourth-order valence-electron chi connectivity index (χ4n) is 2.23. The van der Waals surface area contributed by atoms with Crippen molar-refractivity contribution >= 4 is 10.0 Å². The first-order valence-corrected chi connectivity index (χ1v) is 7.82. The SMILES string of the molecule is CCS(=O)(=O)N1CCc2ccc(C(C)O)cc2C1. The van der Waals surface area contributed by atoms with Crippen LogP contribution in [0.15, 0.2) is 18.2 Å². The average molecular weight is 269 g/mol. The molecule has 0 aromatic heterocycles. The number of hydrogen-bond donors (Lipinski definition) is 1. The summed E-state index contributed by atoms with van der Waals surface area (Å²) in [5, 5.41) is 9.57. The average Bonchev–Trinajstić information content (AvgIpc) is 2.37. The van der Waals surface area contributed by atoms with Crippen molar-refractivity contribution in [3.8, 4) is 0 Å². The first-order chi connectivity index (χ1) is 8.44. The second-order valence-corrected chi connectivity index (χ2v) is 6.95. The lowest BCUT2D eigenvalue weighted by atomic mass is 9.97. The molecule has 5 heteroatoms. The molecule has 2 rings (SSSR count). The normalized spacial score (nSPS) is 18.4. The van der Waals surface area contributed by atoms with E-state index in [1.165, 1.54) is 9.87 Å². The van der Waals surface area contributed by atoms with Crippen LogP contribution in [0.5, 0.6) is 0 Å². The highest BCUT2D eigenvalue weighted by atomic mass is 32.2. The van der Waals surface area contributed by atoms with E-state index >= 15 is 0 Å². The second-order valence-electron chi connectivity index (χ2n) is 4.69. The van der Waals surface area contributed by atoms with E-state index < -0.39 is 16.1 Å². The number of aliphatic hydroxyl groups excluding tert-OH is 1. The molecule has 0 fully saturated rings. The van der Waals surface area contributed by atoms with E-state index in [-0.39, 0.29) is 5.75 Å². The summed E-state index contributed by atoms with van der Waals surface area (Å²) in [7, 11) is -3.13. The van der Waals surface area contributed by atoms with Crippen LogP contribution < -0.4 is 0 Å². The van der Waals surface area contributed by atoms with Crippen molar-refractivity contribution < 1.29 is 13.5 Å². The Kier molecular flexibility index (Phi) is 3.75. The monoisotopic (exact) mass is 269 g/mol. The molecule has 0 amide bonds. The van der Waals surface area contributed by atoms with Gasteiger partial charge in [-0.15, -0.1) is 0 Å². The van der Waals surface area contributed by atoms with Crippen LogP contribution in [-0.2, 0) is 23.0 Å². The van der Waals surface area contributed by atoms with E-state index in [4.69, 9.17) is 0 Å². The minimum atomic E-state index is -3.13. The summed E-state index contributed by atoms with van der Waals surface area (Å²) in [5.41, 5.74) is 3.03. The van der Waals surface area contributed by atoms with E-state index in [1.54, 1.807) is 13.8 Å². The van der Waals surface area contributed by atoms with Crippen LogP contribution in [0.2, 0.25) is 0 Å². The maximum Gasteiger partial charge on any atom is 0.214 e. The number of fused-ring (bicyclic) bond motifs is 1. The standard InChI is InChI=1S/C13H19NO3S/c1-3-18(16,17)14-7-6-11-4-5-12(10(2)15)8-13(11)9-14/h4-5,8,10,15H,3,6-7,9H2,1-2H3. The molecule has 1 aliphatic heterocycles. The molecule has 1 unspecified atom stereocenters. The molecule has 0 spiro atoms. The third-order valence-corrected chi connectivity index (χ3v) is 5.28. The van der Waals surface area contributed by atoms with Crippen LogP contribution in [0.3, 0.4) is 0 Å². The van der Waals surface area contributed by atoms with Gasteiger partial charge < -0.3 is 5.11 Å². The lowest BCUT2D eigenvalue weighted by Crippen LogP contribution is -2.36. The van der Waals surface area contributed by atoms with Gasteiger partial charge in [0.05, 0.1) is 11.9 Å². The van der Waals surface area contributed by atoms with Gasteiger partial charge in [0.2, 0.25) is 10.0 Å². The van der Waals surface area contributed by atoms with Crippen LogP contribution in [0.25, 0.3) is 0 Å². The van der Waals surface area contributed by atoms with Gasteiger partial charge in [0.1, 0.15) is 0 Å². The summed E-state index contributed by atoms with van der Waals surface area (Å²) in [4.78, 5) is 0. The van der Waals surface area contributed by atoms with Crippen molar-refractivity contribution in [2.45, 2.75) is 32.9 Å². The molecule has 18 heavy (non-hydrogen) atoms. The van der Waals surface area contributed by atoms with Crippen LogP contribution >= 0.6 is 0 Å². The maximum absolute atomic E-state index is 11.9. The molecular weight excluding hydrogens is 250 g/mol. The minimum absolute atomic E-state index is 0.137. The Balaban J connectivity index is 2.30. The predicted molar refractivity (Wildman–Crippen MR) is 70.7 cm³/mol. The second kappa shape index (κ2) is 4.99. The summed E-state index contributed by atoms with van der Waals surface area (Å²) in [6.07, 6.45) is 0.225. The number of rotatable bonds is 3. The number of hydrogen-bond acceptors (Lipinski definition) is 3. The van der Waals surface area contributed by atoms with Gasteiger partial charge in [0.25, 0.3) is 0 Å². The van der Waals surface area contributed by atoms with Gasteiger partial charge in [0.15, 0.2) is 0 Å². The van der Waals surface area contributed by atoms with Crippen LogP contribution in [0.4, 0.5) is 0 Å². The maximum atomic E-state index is 11.9. The van der Waals surface area contributed by atoms with Crippen LogP contribution in [-0.4, -0.2) is 30.1 Å². The van der Waals surface area contributed by atoms with E-state index in [2.05, 4.69) is 0 Å². The zero-order chi connectivity index (χ0) is 13.3. The van der Waals surface area contributed by atoms with Gasteiger partial charge in [-0.2, -0.15) is 4.31 Å². The van der Waals surface area contributed by atoms with Crippen LogP contribution in [0.1, 0.15) is 36.6 Å². The van der Waals surface area contributed by atoms with Gasteiger partial charge in [0, 0.05) is 13.1 Å². The topological polar surface area (TPSA) is 57.6 Å². The number of sulfonamides is 1. The van der Waals surface area contributed by atoms with Crippen molar-refractivity contribution in [1.29, 1.82) is 0 Å². The van der Waals surface area contributed by atoms with Crippen LogP contribution in [0, 0.1) is 0 Å². The molecule has 1 N–H and O–H groups in total. The molecule has 0 saturated heterocycles. The highest BCUT2D eigenvalue weighted by Gasteiger charge is 2.25. The summed E-state index contributed by atoms with van der Waals surface area (Å²) < 4.78 is 25.2. The molecular formula is C13H19NO3S. The van der Waals surface area contributed by atoms with Gasteiger partial charge >= 0.3 is 0 Å². The van der Waals surface area contributed by atoms with Gasteiger partial charge in [-0.05, 0) is 37.0 Å². The molecule has 0 aliphatic carbocycles. The highest BCUT2D eigenvalue weighted by molar-refractivity contribution is 7.89. The molecule has 0 bridgehead atoms. The Morgan fingerprint density at radius 2 is 2.11 bits per heavy atom. The van der Waals surface area contributed by atoms with Crippen molar-refractivity contribution in [2.75, 3.05) is 12.3 Å². The molecule has 1 aliphatic rings. The molecule has 1 aromatic rings. The minimum Gasteiger partial charge on any atom is -0.389 e.